The van der Waals surface area contributed by atoms with Gasteiger partial charge in [-0.15, -0.1) is 0 Å². The second-order valence-corrected chi connectivity index (χ2v) is 13.1. The quantitative estimate of drug-likeness (QED) is 0.115. The lowest BCUT2D eigenvalue weighted by Gasteiger charge is -2.38. The Morgan fingerprint density at radius 1 is 0.771 bits per heavy atom. The summed E-state index contributed by atoms with van der Waals surface area (Å²) in [4.78, 5) is 2.43. The average molecular weight is 667 g/mol. The Kier molecular flexibility index (Phi) is 16.0. The van der Waals surface area contributed by atoms with E-state index in [1.165, 1.54) is 0 Å². The third-order valence-corrected chi connectivity index (χ3v) is 10.3. The van der Waals surface area contributed by atoms with Crippen molar-refractivity contribution in [3.05, 3.63) is 34.9 Å². The fourth-order valence-corrected chi connectivity index (χ4v) is 7.47. The van der Waals surface area contributed by atoms with Crippen LogP contribution >= 0.6 is 0 Å². The summed E-state index contributed by atoms with van der Waals surface area (Å²) in [5, 5.41) is 10.9. The van der Waals surface area contributed by atoms with Gasteiger partial charge in [-0.05, 0) is 69.2 Å². The number of benzene rings is 2. The lowest BCUT2D eigenvalue weighted by Crippen LogP contribution is -2.39. The number of unbranched alkanes of at least 4 members (excludes halogenated alkanes) is 4. The predicted octanol–water partition coefficient (Wildman–Crippen LogP) is 9.28. The Hall–Kier alpha value is -3.31. The summed E-state index contributed by atoms with van der Waals surface area (Å²) >= 11 is 0. The van der Waals surface area contributed by atoms with Crippen molar-refractivity contribution in [3.63, 3.8) is 0 Å². The molecular weight excluding hydrogens is 604 g/mol. The molecule has 2 unspecified atom stereocenters. The molecule has 0 spiro atoms. The summed E-state index contributed by atoms with van der Waals surface area (Å²) in [7, 11) is 8.85. The molecule has 0 amide bonds. The van der Waals surface area contributed by atoms with Crippen molar-refractivity contribution in [2.75, 3.05) is 48.7 Å². The van der Waals surface area contributed by atoms with Gasteiger partial charge in [-0.2, -0.15) is 5.26 Å². The maximum atomic E-state index is 10.9. The average Bonchev–Trinajstić information content (AvgIpc) is 3.11. The van der Waals surface area contributed by atoms with Crippen molar-refractivity contribution in [2.45, 2.75) is 123 Å². The van der Waals surface area contributed by atoms with Crippen LogP contribution in [0.15, 0.2) is 18.2 Å². The van der Waals surface area contributed by atoms with E-state index in [0.29, 0.717) is 36.2 Å². The number of rotatable bonds is 22. The summed E-state index contributed by atoms with van der Waals surface area (Å²) < 4.78 is 36.2. The molecule has 2 aromatic carbocycles. The number of hydrogen-bond donors (Lipinski definition) is 0. The first-order valence-electron chi connectivity index (χ1n) is 18.2. The van der Waals surface area contributed by atoms with Crippen LogP contribution in [0.3, 0.4) is 0 Å². The third kappa shape index (κ3) is 8.83. The molecule has 8 nitrogen and oxygen atoms in total. The first kappa shape index (κ1) is 39.1. The van der Waals surface area contributed by atoms with Gasteiger partial charge < -0.3 is 28.4 Å². The second-order valence-electron chi connectivity index (χ2n) is 13.1. The molecular formula is C40H62N2O6. The Labute approximate surface area is 291 Å². The summed E-state index contributed by atoms with van der Waals surface area (Å²) in [6.45, 7) is 10.8. The van der Waals surface area contributed by atoms with Crippen LogP contribution in [-0.4, -0.2) is 59.6 Å². The van der Waals surface area contributed by atoms with E-state index in [1.807, 2.05) is 12.1 Å². The minimum absolute atomic E-state index is 0.220. The minimum Gasteiger partial charge on any atom is -0.493 e. The molecule has 0 saturated carbocycles. The van der Waals surface area contributed by atoms with Crippen LogP contribution in [0.5, 0.6) is 34.5 Å². The molecule has 0 radical (unpaired) electrons. The van der Waals surface area contributed by atoms with Crippen LogP contribution < -0.4 is 28.4 Å². The molecule has 48 heavy (non-hydrogen) atoms. The topological polar surface area (TPSA) is 82.4 Å². The zero-order chi connectivity index (χ0) is 35.1. The van der Waals surface area contributed by atoms with Crippen LogP contribution in [0.2, 0.25) is 0 Å². The molecule has 1 aliphatic heterocycles. The van der Waals surface area contributed by atoms with E-state index in [1.54, 1.807) is 28.4 Å². The van der Waals surface area contributed by atoms with Crippen molar-refractivity contribution in [1.82, 2.24) is 4.90 Å². The van der Waals surface area contributed by atoms with Gasteiger partial charge in [0.25, 0.3) is 0 Å². The van der Waals surface area contributed by atoms with E-state index < -0.39 is 5.41 Å². The molecule has 3 rings (SSSR count). The zero-order valence-corrected chi connectivity index (χ0v) is 31.3. The van der Waals surface area contributed by atoms with Gasteiger partial charge in [0.2, 0.25) is 11.5 Å². The molecule has 0 fully saturated rings. The molecule has 2 atom stereocenters. The summed E-state index contributed by atoms with van der Waals surface area (Å²) in [6, 6.07) is 9.07. The van der Waals surface area contributed by atoms with Crippen LogP contribution in [0.4, 0.5) is 0 Å². The van der Waals surface area contributed by atoms with Crippen molar-refractivity contribution in [3.8, 4) is 40.6 Å². The molecule has 2 aromatic rings. The van der Waals surface area contributed by atoms with Gasteiger partial charge in [0.1, 0.15) is 0 Å². The van der Waals surface area contributed by atoms with E-state index in [9.17, 15) is 5.26 Å². The maximum Gasteiger partial charge on any atom is 0.207 e. The molecule has 0 aromatic heterocycles. The number of methoxy groups -OCH3 is 4. The van der Waals surface area contributed by atoms with Gasteiger partial charge in [-0.25, -0.2) is 0 Å². The highest BCUT2D eigenvalue weighted by Crippen LogP contribution is 2.52. The summed E-state index contributed by atoms with van der Waals surface area (Å²) in [5.74, 6) is 4.35. The molecule has 0 saturated heterocycles. The fraction of sp³-hybridized carbons (Fsp3) is 0.675. The molecule has 8 heteroatoms. The van der Waals surface area contributed by atoms with Crippen LogP contribution in [0.1, 0.15) is 115 Å². The molecule has 0 bridgehead atoms. The van der Waals surface area contributed by atoms with Gasteiger partial charge in [0.05, 0.1) is 53.1 Å². The number of hydrogen-bond acceptors (Lipinski definition) is 8. The zero-order valence-electron chi connectivity index (χ0n) is 31.3. The Bertz CT molecular complexity index is 1320. The van der Waals surface area contributed by atoms with Gasteiger partial charge in [0.15, 0.2) is 23.0 Å². The largest absolute Gasteiger partial charge is 0.493 e. The van der Waals surface area contributed by atoms with Gasteiger partial charge in [-0.3, -0.25) is 4.90 Å². The smallest absolute Gasteiger partial charge is 0.207 e. The number of likely N-dealkylation sites (N-methyl/N-ethyl adjacent to an activating group) is 1. The SMILES string of the molecule is CCCCCOc1c2c(c(OCCCCC)c(OC)c1OC)CN(C)C(CCCC(C#N)(c1ccc(OC)c(OC)c1)C(CC)CC)C2. The third-order valence-electron chi connectivity index (χ3n) is 10.3. The minimum atomic E-state index is -0.627. The Morgan fingerprint density at radius 2 is 1.35 bits per heavy atom. The van der Waals surface area contributed by atoms with Crippen molar-refractivity contribution < 1.29 is 28.4 Å². The highest BCUT2D eigenvalue weighted by Gasteiger charge is 2.40. The van der Waals surface area contributed by atoms with Gasteiger partial charge in [0, 0.05) is 23.7 Å². The summed E-state index contributed by atoms with van der Waals surface area (Å²) in [5.41, 5.74) is 2.66. The molecule has 0 aliphatic carbocycles. The number of nitrogens with zero attached hydrogens (tertiary/aromatic N) is 2. The Balaban J connectivity index is 1.97. The highest BCUT2D eigenvalue weighted by atomic mass is 16.5. The predicted molar refractivity (Wildman–Crippen MR) is 193 cm³/mol. The van der Waals surface area contributed by atoms with Crippen LogP contribution in [0.25, 0.3) is 0 Å². The van der Waals surface area contributed by atoms with Gasteiger partial charge in [-0.1, -0.05) is 72.3 Å². The maximum absolute atomic E-state index is 10.9. The Morgan fingerprint density at radius 3 is 1.85 bits per heavy atom. The molecule has 268 valence electrons. The van der Waals surface area contributed by atoms with Gasteiger partial charge >= 0.3 is 0 Å². The lowest BCUT2D eigenvalue weighted by atomic mass is 9.66. The van der Waals surface area contributed by atoms with E-state index in [2.05, 4.69) is 51.8 Å². The van der Waals surface area contributed by atoms with Crippen LogP contribution in [0, 0.1) is 17.2 Å². The highest BCUT2D eigenvalue weighted by molar-refractivity contribution is 5.68. The first-order chi connectivity index (χ1) is 23.3. The standard InChI is InChI=1S/C40H62N2O6/c1-10-14-16-23-47-36-32-26-31(42(5)27-33(32)37(48-24-17-15-11-2)39(46-9)38(36)45-8)19-18-22-40(28-41,29(12-3)13-4)30-20-21-34(43-6)35(25-30)44-7/h20-21,25,29,31H,10-19,22-24,26-27H2,1-9H3. The lowest BCUT2D eigenvalue weighted by molar-refractivity contribution is 0.180. The first-order valence-corrected chi connectivity index (χ1v) is 18.2. The van der Waals surface area contributed by atoms with Crippen LogP contribution in [-0.2, 0) is 18.4 Å². The van der Waals surface area contributed by atoms with Crippen molar-refractivity contribution >= 4 is 0 Å². The normalized spacial score (nSPS) is 15.7. The second kappa shape index (κ2) is 19.6. The fourth-order valence-electron chi connectivity index (χ4n) is 7.47. The van der Waals surface area contributed by atoms with E-state index in [4.69, 9.17) is 28.4 Å². The number of nitriles is 1. The number of fused-ring (bicyclic) bond motifs is 1. The van der Waals surface area contributed by atoms with Crippen molar-refractivity contribution in [1.29, 1.82) is 5.26 Å². The van der Waals surface area contributed by atoms with E-state index in [-0.39, 0.29) is 12.0 Å². The molecule has 1 aliphatic rings. The molecule has 0 N–H and O–H groups in total. The van der Waals surface area contributed by atoms with E-state index in [0.717, 1.165) is 112 Å². The summed E-state index contributed by atoms with van der Waals surface area (Å²) in [6.07, 6.45) is 11.7. The van der Waals surface area contributed by atoms with E-state index >= 15 is 0 Å². The molecule has 1 heterocycles. The monoisotopic (exact) mass is 666 g/mol. The van der Waals surface area contributed by atoms with Crippen molar-refractivity contribution in [2.24, 2.45) is 5.92 Å². The number of ether oxygens (including phenoxy) is 6.